The molecule has 3 heteroatoms. The number of hydrogen-bond acceptors (Lipinski definition) is 2. The summed E-state index contributed by atoms with van der Waals surface area (Å²) in [6.07, 6.45) is 0.619. The average molecular weight is 231 g/mol. The maximum Gasteiger partial charge on any atom is 0.123 e. The van der Waals surface area contributed by atoms with Crippen LogP contribution in [-0.2, 0) is 6.42 Å². The fraction of sp³-hybridized carbons (Fsp3) is 0.143. The smallest absolute Gasteiger partial charge is 0.123 e. The van der Waals surface area contributed by atoms with Crippen molar-refractivity contribution < 1.29 is 9.13 Å². The molecule has 0 saturated carbocycles. The zero-order chi connectivity index (χ0) is 12.3. The molecule has 0 spiro atoms. The summed E-state index contributed by atoms with van der Waals surface area (Å²) in [5.74, 6) is 0.500. The first-order valence-electron chi connectivity index (χ1n) is 5.36. The van der Waals surface area contributed by atoms with Crippen LogP contribution in [0, 0.1) is 5.82 Å². The second-order valence-electron chi connectivity index (χ2n) is 3.87. The number of nitrogen functional groups attached to an aromatic ring is 1. The SMILES string of the molecule is COc1ccc(Cc2cccc(F)c2)c(N)c1. The standard InChI is InChI=1S/C14H14FNO/c1-17-13-6-5-11(14(16)9-13)7-10-3-2-4-12(15)8-10/h2-6,8-9H,7,16H2,1H3. The van der Waals surface area contributed by atoms with Gasteiger partial charge in [0.1, 0.15) is 11.6 Å². The highest BCUT2D eigenvalue weighted by Gasteiger charge is 2.03. The van der Waals surface area contributed by atoms with E-state index >= 15 is 0 Å². The minimum atomic E-state index is -0.227. The van der Waals surface area contributed by atoms with E-state index in [1.165, 1.54) is 12.1 Å². The maximum atomic E-state index is 13.0. The lowest BCUT2D eigenvalue weighted by Crippen LogP contribution is -1.97. The summed E-state index contributed by atoms with van der Waals surface area (Å²) in [5.41, 5.74) is 8.44. The van der Waals surface area contributed by atoms with Crippen molar-refractivity contribution in [2.45, 2.75) is 6.42 Å². The highest BCUT2D eigenvalue weighted by Crippen LogP contribution is 2.22. The number of nitrogens with two attached hydrogens (primary N) is 1. The van der Waals surface area contributed by atoms with Gasteiger partial charge in [0.2, 0.25) is 0 Å². The van der Waals surface area contributed by atoms with Crippen molar-refractivity contribution in [2.75, 3.05) is 12.8 Å². The van der Waals surface area contributed by atoms with Gasteiger partial charge in [-0.3, -0.25) is 0 Å². The number of hydrogen-bond donors (Lipinski definition) is 1. The van der Waals surface area contributed by atoms with Crippen molar-refractivity contribution >= 4 is 5.69 Å². The monoisotopic (exact) mass is 231 g/mol. The maximum absolute atomic E-state index is 13.0. The summed E-state index contributed by atoms with van der Waals surface area (Å²) >= 11 is 0. The first-order chi connectivity index (χ1) is 8.19. The molecule has 0 unspecified atom stereocenters. The Bertz CT molecular complexity index is 525. The normalized spacial score (nSPS) is 10.2. The van der Waals surface area contributed by atoms with Crippen LogP contribution >= 0.6 is 0 Å². The van der Waals surface area contributed by atoms with E-state index in [9.17, 15) is 4.39 Å². The molecule has 0 aliphatic rings. The van der Waals surface area contributed by atoms with Crippen LogP contribution in [0.4, 0.5) is 10.1 Å². The van der Waals surface area contributed by atoms with E-state index in [4.69, 9.17) is 10.5 Å². The highest BCUT2D eigenvalue weighted by atomic mass is 19.1. The van der Waals surface area contributed by atoms with Crippen molar-refractivity contribution in [2.24, 2.45) is 0 Å². The predicted octanol–water partition coefficient (Wildman–Crippen LogP) is 3.01. The summed E-state index contributed by atoms with van der Waals surface area (Å²) in [6, 6.07) is 12.1. The first kappa shape index (κ1) is 11.5. The van der Waals surface area contributed by atoms with Crippen LogP contribution in [0.1, 0.15) is 11.1 Å². The molecule has 0 saturated heterocycles. The second-order valence-corrected chi connectivity index (χ2v) is 3.87. The van der Waals surface area contributed by atoms with Crippen molar-refractivity contribution in [1.29, 1.82) is 0 Å². The molecule has 0 bridgehead atoms. The molecule has 2 aromatic rings. The number of anilines is 1. The number of rotatable bonds is 3. The Labute approximate surface area is 99.8 Å². The minimum Gasteiger partial charge on any atom is -0.497 e. The number of benzene rings is 2. The third-order valence-corrected chi connectivity index (χ3v) is 2.64. The zero-order valence-electron chi connectivity index (χ0n) is 9.61. The third-order valence-electron chi connectivity index (χ3n) is 2.64. The topological polar surface area (TPSA) is 35.2 Å². The molecule has 0 aliphatic carbocycles. The van der Waals surface area contributed by atoms with Gasteiger partial charge in [-0.15, -0.1) is 0 Å². The average Bonchev–Trinajstić information content (AvgIpc) is 2.32. The van der Waals surface area contributed by atoms with E-state index in [1.54, 1.807) is 19.2 Å². The fourth-order valence-corrected chi connectivity index (χ4v) is 1.73. The molecule has 2 N–H and O–H groups in total. The highest BCUT2D eigenvalue weighted by molar-refractivity contribution is 5.53. The molecule has 0 atom stereocenters. The van der Waals surface area contributed by atoms with Gasteiger partial charge < -0.3 is 10.5 Å². The molecule has 0 fully saturated rings. The summed E-state index contributed by atoms with van der Waals surface area (Å²) in [6.45, 7) is 0. The molecule has 0 aromatic heterocycles. The molecular formula is C14H14FNO. The van der Waals surface area contributed by atoms with Gasteiger partial charge >= 0.3 is 0 Å². The summed E-state index contributed by atoms with van der Waals surface area (Å²) in [7, 11) is 1.60. The molecule has 0 aliphatic heterocycles. The van der Waals surface area contributed by atoms with Crippen LogP contribution < -0.4 is 10.5 Å². The molecular weight excluding hydrogens is 217 g/mol. The molecule has 0 heterocycles. The molecule has 0 amide bonds. The first-order valence-corrected chi connectivity index (χ1v) is 5.36. The van der Waals surface area contributed by atoms with Crippen molar-refractivity contribution in [3.05, 3.63) is 59.4 Å². The Hall–Kier alpha value is -2.03. The predicted molar refractivity (Wildman–Crippen MR) is 66.6 cm³/mol. The largest absolute Gasteiger partial charge is 0.497 e. The van der Waals surface area contributed by atoms with Crippen LogP contribution in [0.3, 0.4) is 0 Å². The van der Waals surface area contributed by atoms with Crippen molar-refractivity contribution in [1.82, 2.24) is 0 Å². The lowest BCUT2D eigenvalue weighted by Gasteiger charge is -2.08. The Morgan fingerprint density at radius 1 is 1.18 bits per heavy atom. The van der Waals surface area contributed by atoms with Crippen LogP contribution in [0.2, 0.25) is 0 Å². The summed E-state index contributed by atoms with van der Waals surface area (Å²) in [5, 5.41) is 0. The van der Waals surface area contributed by atoms with Gasteiger partial charge in [0, 0.05) is 11.8 Å². The van der Waals surface area contributed by atoms with Gasteiger partial charge in [0.25, 0.3) is 0 Å². The van der Waals surface area contributed by atoms with Gasteiger partial charge in [0.05, 0.1) is 7.11 Å². The lowest BCUT2D eigenvalue weighted by molar-refractivity contribution is 0.415. The van der Waals surface area contributed by atoms with Gasteiger partial charge in [-0.2, -0.15) is 0 Å². The minimum absolute atomic E-state index is 0.227. The van der Waals surface area contributed by atoms with Gasteiger partial charge in [0.15, 0.2) is 0 Å². The van der Waals surface area contributed by atoms with E-state index in [1.807, 2.05) is 18.2 Å². The Kier molecular flexibility index (Phi) is 3.28. The molecule has 2 nitrogen and oxygen atoms in total. The molecule has 88 valence electrons. The summed E-state index contributed by atoms with van der Waals surface area (Å²) in [4.78, 5) is 0. The number of ether oxygens (including phenoxy) is 1. The Balaban J connectivity index is 2.24. The van der Waals surface area contributed by atoms with Crippen LogP contribution in [0.25, 0.3) is 0 Å². The number of methoxy groups -OCH3 is 1. The number of halogens is 1. The van der Waals surface area contributed by atoms with Crippen LogP contribution in [-0.4, -0.2) is 7.11 Å². The van der Waals surface area contributed by atoms with Crippen molar-refractivity contribution in [3.63, 3.8) is 0 Å². The van der Waals surface area contributed by atoms with Crippen LogP contribution in [0.5, 0.6) is 5.75 Å². The van der Waals surface area contributed by atoms with Crippen LogP contribution in [0.15, 0.2) is 42.5 Å². The Morgan fingerprint density at radius 3 is 2.65 bits per heavy atom. The fourth-order valence-electron chi connectivity index (χ4n) is 1.73. The molecule has 2 rings (SSSR count). The lowest BCUT2D eigenvalue weighted by atomic mass is 10.0. The van der Waals surface area contributed by atoms with E-state index in [0.717, 1.165) is 16.9 Å². The quantitative estimate of drug-likeness (QED) is 0.824. The summed E-state index contributed by atoms with van der Waals surface area (Å²) < 4.78 is 18.1. The third kappa shape index (κ3) is 2.75. The van der Waals surface area contributed by atoms with E-state index in [0.29, 0.717) is 12.1 Å². The second kappa shape index (κ2) is 4.87. The Morgan fingerprint density at radius 2 is 2.00 bits per heavy atom. The van der Waals surface area contributed by atoms with Crippen molar-refractivity contribution in [3.8, 4) is 5.75 Å². The molecule has 2 aromatic carbocycles. The van der Waals surface area contributed by atoms with E-state index in [2.05, 4.69) is 0 Å². The van der Waals surface area contributed by atoms with Gasteiger partial charge in [-0.1, -0.05) is 18.2 Å². The van der Waals surface area contributed by atoms with E-state index < -0.39 is 0 Å². The zero-order valence-corrected chi connectivity index (χ0v) is 9.61. The van der Waals surface area contributed by atoms with Gasteiger partial charge in [-0.05, 0) is 35.7 Å². The molecule has 17 heavy (non-hydrogen) atoms. The van der Waals surface area contributed by atoms with Gasteiger partial charge in [-0.25, -0.2) is 4.39 Å². The van der Waals surface area contributed by atoms with E-state index in [-0.39, 0.29) is 5.82 Å². The molecule has 0 radical (unpaired) electrons.